The third kappa shape index (κ3) is 3.67. The van der Waals surface area contributed by atoms with Crippen LogP contribution in [-0.4, -0.2) is 5.97 Å². The largest absolute Gasteiger partial charge is 0.423 e. The Morgan fingerprint density at radius 3 is 2.52 bits per heavy atom. The fraction of sp³-hybridized carbons (Fsp3) is 0.176. The van der Waals surface area contributed by atoms with Crippen molar-refractivity contribution in [2.24, 2.45) is 0 Å². The molecule has 0 aromatic heterocycles. The first-order chi connectivity index (χ1) is 10.1. The molecule has 106 valence electrons. The Labute approximate surface area is 122 Å². The van der Waals surface area contributed by atoms with Gasteiger partial charge in [-0.15, -0.1) is 0 Å². The number of ether oxygens (including phenoxy) is 1. The van der Waals surface area contributed by atoms with Crippen LogP contribution in [0.5, 0.6) is 5.75 Å². The topological polar surface area (TPSA) is 50.1 Å². The average Bonchev–Trinajstić information content (AvgIpc) is 2.49. The molecular weight excluding hydrogens is 269 g/mol. The van der Waals surface area contributed by atoms with E-state index in [0.717, 1.165) is 18.9 Å². The number of halogens is 1. The van der Waals surface area contributed by atoms with Gasteiger partial charge in [-0.2, -0.15) is 5.26 Å². The van der Waals surface area contributed by atoms with E-state index in [1.165, 1.54) is 17.7 Å². The average molecular weight is 283 g/mol. The van der Waals surface area contributed by atoms with Crippen molar-refractivity contribution in [2.45, 2.75) is 19.8 Å². The van der Waals surface area contributed by atoms with E-state index in [9.17, 15) is 9.18 Å². The summed E-state index contributed by atoms with van der Waals surface area (Å²) in [7, 11) is 0. The van der Waals surface area contributed by atoms with Gasteiger partial charge >= 0.3 is 5.97 Å². The van der Waals surface area contributed by atoms with E-state index >= 15 is 0 Å². The molecule has 0 unspecified atom stereocenters. The first-order valence-corrected chi connectivity index (χ1v) is 6.65. The molecule has 0 spiro atoms. The standard InChI is InChI=1S/C17H14FNO2/c1-2-3-12-4-8-15(9-5-12)21-17(20)13-6-7-14(11-19)16(18)10-13/h4-10H,2-3H2,1H3. The van der Waals surface area contributed by atoms with E-state index in [1.54, 1.807) is 18.2 Å². The van der Waals surface area contributed by atoms with Crippen LogP contribution < -0.4 is 4.74 Å². The highest BCUT2D eigenvalue weighted by atomic mass is 19.1. The second-order valence-electron chi connectivity index (χ2n) is 4.59. The fourth-order valence-electron chi connectivity index (χ4n) is 1.91. The smallest absolute Gasteiger partial charge is 0.343 e. The molecule has 0 heterocycles. The quantitative estimate of drug-likeness (QED) is 0.632. The molecule has 21 heavy (non-hydrogen) atoms. The first kappa shape index (κ1) is 14.7. The molecule has 0 saturated heterocycles. The Bertz CT molecular complexity index is 687. The minimum Gasteiger partial charge on any atom is -0.423 e. The van der Waals surface area contributed by atoms with Crippen LogP contribution in [0.3, 0.4) is 0 Å². The summed E-state index contributed by atoms with van der Waals surface area (Å²) in [4.78, 5) is 11.9. The number of carbonyl (C=O) groups excluding carboxylic acids is 1. The summed E-state index contributed by atoms with van der Waals surface area (Å²) >= 11 is 0. The van der Waals surface area contributed by atoms with Gasteiger partial charge in [-0.05, 0) is 42.3 Å². The van der Waals surface area contributed by atoms with Crippen LogP contribution in [0.4, 0.5) is 4.39 Å². The zero-order chi connectivity index (χ0) is 15.2. The normalized spacial score (nSPS) is 9.95. The lowest BCUT2D eigenvalue weighted by Gasteiger charge is -2.06. The minimum absolute atomic E-state index is 0.0733. The van der Waals surface area contributed by atoms with Gasteiger partial charge in [0.05, 0.1) is 11.1 Å². The van der Waals surface area contributed by atoms with Crippen LogP contribution in [0.25, 0.3) is 0 Å². The van der Waals surface area contributed by atoms with Gasteiger partial charge < -0.3 is 4.74 Å². The third-order valence-corrected chi connectivity index (χ3v) is 3.00. The number of nitrogens with zero attached hydrogens (tertiary/aromatic N) is 1. The Morgan fingerprint density at radius 2 is 1.95 bits per heavy atom. The Balaban J connectivity index is 2.10. The van der Waals surface area contributed by atoms with E-state index in [4.69, 9.17) is 10.00 Å². The summed E-state index contributed by atoms with van der Waals surface area (Å²) in [5, 5.41) is 8.65. The number of hydrogen-bond acceptors (Lipinski definition) is 3. The van der Waals surface area contributed by atoms with Gasteiger partial charge in [0.1, 0.15) is 17.6 Å². The van der Waals surface area contributed by atoms with Crippen LogP contribution in [-0.2, 0) is 6.42 Å². The van der Waals surface area contributed by atoms with Gasteiger partial charge in [0, 0.05) is 0 Å². The van der Waals surface area contributed by atoms with Gasteiger partial charge in [-0.3, -0.25) is 0 Å². The lowest BCUT2D eigenvalue weighted by atomic mass is 10.1. The Morgan fingerprint density at radius 1 is 1.24 bits per heavy atom. The number of aryl methyl sites for hydroxylation is 1. The molecule has 0 aliphatic rings. The zero-order valence-corrected chi connectivity index (χ0v) is 11.6. The van der Waals surface area contributed by atoms with E-state index in [2.05, 4.69) is 6.92 Å². The predicted octanol–water partition coefficient (Wildman–Crippen LogP) is 3.87. The second kappa shape index (κ2) is 6.67. The SMILES string of the molecule is CCCc1ccc(OC(=O)c2ccc(C#N)c(F)c2)cc1. The highest BCUT2D eigenvalue weighted by Gasteiger charge is 2.11. The van der Waals surface area contributed by atoms with Crippen LogP contribution in [0.2, 0.25) is 0 Å². The molecule has 2 aromatic rings. The molecule has 3 nitrogen and oxygen atoms in total. The third-order valence-electron chi connectivity index (χ3n) is 3.00. The molecule has 0 bridgehead atoms. The van der Waals surface area contributed by atoms with Crippen molar-refractivity contribution in [3.63, 3.8) is 0 Å². The molecule has 0 N–H and O–H groups in total. The van der Waals surface area contributed by atoms with Crippen molar-refractivity contribution in [1.29, 1.82) is 5.26 Å². The maximum Gasteiger partial charge on any atom is 0.343 e. The lowest BCUT2D eigenvalue weighted by Crippen LogP contribution is -2.09. The van der Waals surface area contributed by atoms with Crippen LogP contribution >= 0.6 is 0 Å². The van der Waals surface area contributed by atoms with Crippen LogP contribution in [0, 0.1) is 17.1 Å². The number of rotatable bonds is 4. The highest BCUT2D eigenvalue weighted by molar-refractivity contribution is 5.91. The van der Waals surface area contributed by atoms with Crippen LogP contribution in [0.1, 0.15) is 34.8 Å². The van der Waals surface area contributed by atoms with E-state index in [0.29, 0.717) is 5.75 Å². The lowest BCUT2D eigenvalue weighted by molar-refractivity contribution is 0.0734. The first-order valence-electron chi connectivity index (χ1n) is 6.65. The van der Waals surface area contributed by atoms with Gasteiger partial charge in [0.2, 0.25) is 0 Å². The molecule has 0 radical (unpaired) electrons. The molecule has 0 atom stereocenters. The number of nitriles is 1. The second-order valence-corrected chi connectivity index (χ2v) is 4.59. The monoisotopic (exact) mass is 283 g/mol. The molecule has 2 aromatic carbocycles. The molecule has 0 fully saturated rings. The predicted molar refractivity (Wildman–Crippen MR) is 76.5 cm³/mol. The molecule has 0 aliphatic carbocycles. The number of benzene rings is 2. The summed E-state index contributed by atoms with van der Waals surface area (Å²) < 4.78 is 18.6. The molecule has 0 amide bonds. The minimum atomic E-state index is -0.731. The van der Waals surface area contributed by atoms with Crippen molar-refractivity contribution in [3.8, 4) is 11.8 Å². The number of carbonyl (C=O) groups is 1. The summed E-state index contributed by atoms with van der Waals surface area (Å²) in [5.74, 6) is -0.975. The van der Waals surface area contributed by atoms with Gasteiger partial charge in [0.15, 0.2) is 0 Å². The molecule has 0 aliphatic heterocycles. The summed E-state index contributed by atoms with van der Waals surface area (Å²) in [6.45, 7) is 2.09. The van der Waals surface area contributed by atoms with Crippen molar-refractivity contribution < 1.29 is 13.9 Å². The summed E-state index contributed by atoms with van der Waals surface area (Å²) in [5.41, 5.74) is 1.14. The Hall–Kier alpha value is -2.67. The highest BCUT2D eigenvalue weighted by Crippen LogP contribution is 2.16. The van der Waals surface area contributed by atoms with Gasteiger partial charge in [-0.25, -0.2) is 9.18 Å². The van der Waals surface area contributed by atoms with Gasteiger partial charge in [-0.1, -0.05) is 25.5 Å². The van der Waals surface area contributed by atoms with E-state index in [1.807, 2.05) is 12.1 Å². The van der Waals surface area contributed by atoms with Crippen molar-refractivity contribution in [2.75, 3.05) is 0 Å². The molecular formula is C17H14FNO2. The molecule has 0 saturated carbocycles. The Kier molecular flexibility index (Phi) is 4.68. The zero-order valence-electron chi connectivity index (χ0n) is 11.6. The van der Waals surface area contributed by atoms with E-state index < -0.39 is 11.8 Å². The number of esters is 1. The maximum absolute atomic E-state index is 13.5. The van der Waals surface area contributed by atoms with Crippen LogP contribution in [0.15, 0.2) is 42.5 Å². The van der Waals surface area contributed by atoms with Gasteiger partial charge in [0.25, 0.3) is 0 Å². The van der Waals surface area contributed by atoms with Crippen molar-refractivity contribution >= 4 is 5.97 Å². The summed E-state index contributed by atoms with van der Waals surface area (Å²) in [6.07, 6.45) is 2.01. The molecule has 2 rings (SSSR count). The fourth-order valence-corrected chi connectivity index (χ4v) is 1.91. The summed E-state index contributed by atoms with van der Waals surface area (Å²) in [6, 6.07) is 12.6. The maximum atomic E-state index is 13.5. The van der Waals surface area contributed by atoms with Crippen molar-refractivity contribution in [3.05, 3.63) is 65.0 Å². The number of hydrogen-bond donors (Lipinski definition) is 0. The van der Waals surface area contributed by atoms with Crippen molar-refractivity contribution in [1.82, 2.24) is 0 Å². The molecule has 4 heteroatoms. The van der Waals surface area contributed by atoms with E-state index in [-0.39, 0.29) is 11.1 Å².